The maximum atomic E-state index is 6.73. The van der Waals surface area contributed by atoms with E-state index in [9.17, 15) is 0 Å². The normalized spacial score (nSPS) is 13.7. The summed E-state index contributed by atoms with van der Waals surface area (Å²) in [6.45, 7) is 0. The molecule has 4 nitrogen and oxygen atoms in total. The molecule has 0 unspecified atom stereocenters. The van der Waals surface area contributed by atoms with Crippen molar-refractivity contribution >= 4 is 21.8 Å². The van der Waals surface area contributed by atoms with Crippen LogP contribution < -0.4 is 4.74 Å². The first-order valence-electron chi connectivity index (χ1n) is 15.2. The molecule has 0 radical (unpaired) electrons. The van der Waals surface area contributed by atoms with Crippen molar-refractivity contribution in [2.45, 2.75) is 5.41 Å². The Kier molecular flexibility index (Phi) is 4.89. The number of hydrogen-bond donors (Lipinski definition) is 0. The van der Waals surface area contributed by atoms with Gasteiger partial charge in [-0.3, -0.25) is 9.97 Å². The molecule has 0 amide bonds. The Labute approximate surface area is 259 Å². The summed E-state index contributed by atoms with van der Waals surface area (Å²) in [7, 11) is 0. The molecule has 210 valence electrons. The zero-order valence-corrected chi connectivity index (χ0v) is 24.2. The number of aromatic nitrogens is 3. The number of rotatable bonds is 2. The standard InChI is InChI=1S/C41H25N3O/c1-2-10-28(11-3-1)44-35-16-6-4-12-29(35)30-24-26(19-21-36(30)44)27-18-20-32-38(25-27)45-37-17-7-5-13-31(37)41(32)33-14-8-22-42-39(33)40-34(41)15-9-23-43-40/h1-25H. The molecule has 1 aliphatic carbocycles. The van der Waals surface area contributed by atoms with E-state index in [1.165, 1.54) is 21.8 Å². The number of ether oxygens (including phenoxy) is 1. The lowest BCUT2D eigenvalue weighted by Crippen LogP contribution is -2.32. The Bertz CT molecular complexity index is 2430. The third-order valence-electron chi connectivity index (χ3n) is 9.56. The van der Waals surface area contributed by atoms with Crippen molar-refractivity contribution in [1.29, 1.82) is 0 Å². The zero-order valence-electron chi connectivity index (χ0n) is 24.2. The van der Waals surface area contributed by atoms with Crippen LogP contribution in [0.1, 0.15) is 22.3 Å². The summed E-state index contributed by atoms with van der Waals surface area (Å²) in [6, 6.07) is 49.5. The first-order valence-corrected chi connectivity index (χ1v) is 15.2. The second-order valence-corrected chi connectivity index (χ2v) is 11.8. The van der Waals surface area contributed by atoms with E-state index in [0.717, 1.165) is 62.0 Å². The van der Waals surface area contributed by atoms with Crippen LogP contribution in [0.4, 0.5) is 0 Å². The Morgan fingerprint density at radius 2 is 1.09 bits per heavy atom. The number of pyridine rings is 2. The first-order chi connectivity index (χ1) is 22.3. The fourth-order valence-corrected chi connectivity index (χ4v) is 7.75. The van der Waals surface area contributed by atoms with Crippen molar-refractivity contribution in [3.63, 3.8) is 0 Å². The topological polar surface area (TPSA) is 39.9 Å². The van der Waals surface area contributed by atoms with E-state index in [4.69, 9.17) is 14.7 Å². The first kappa shape index (κ1) is 24.4. The maximum Gasteiger partial charge on any atom is 0.132 e. The largest absolute Gasteiger partial charge is 0.457 e. The second kappa shape index (κ2) is 9.01. The molecule has 0 bridgehead atoms. The highest BCUT2D eigenvalue weighted by molar-refractivity contribution is 6.10. The van der Waals surface area contributed by atoms with Gasteiger partial charge in [-0.2, -0.15) is 0 Å². The molecule has 2 aliphatic rings. The van der Waals surface area contributed by atoms with Crippen LogP contribution in [0.5, 0.6) is 11.5 Å². The summed E-state index contributed by atoms with van der Waals surface area (Å²) in [5.74, 6) is 1.71. The monoisotopic (exact) mass is 575 g/mol. The molecule has 0 atom stereocenters. The van der Waals surface area contributed by atoms with Gasteiger partial charge in [0.05, 0.1) is 27.8 Å². The summed E-state index contributed by atoms with van der Waals surface area (Å²) in [5, 5.41) is 2.46. The van der Waals surface area contributed by atoms with Crippen LogP contribution in [-0.4, -0.2) is 14.5 Å². The minimum Gasteiger partial charge on any atom is -0.457 e. The van der Waals surface area contributed by atoms with Crippen LogP contribution in [0.25, 0.3) is 50.0 Å². The summed E-state index contributed by atoms with van der Waals surface area (Å²) >= 11 is 0. The lowest BCUT2D eigenvalue weighted by Gasteiger charge is -2.39. The van der Waals surface area contributed by atoms with Gasteiger partial charge in [0.15, 0.2) is 0 Å². The summed E-state index contributed by atoms with van der Waals surface area (Å²) in [6.07, 6.45) is 3.72. The Morgan fingerprint density at radius 3 is 1.91 bits per heavy atom. The van der Waals surface area contributed by atoms with Gasteiger partial charge in [0.25, 0.3) is 0 Å². The zero-order chi connectivity index (χ0) is 29.5. The molecular weight excluding hydrogens is 550 g/mol. The van der Waals surface area contributed by atoms with Crippen LogP contribution in [0.15, 0.2) is 152 Å². The van der Waals surface area contributed by atoms with Crippen molar-refractivity contribution in [2.75, 3.05) is 0 Å². The number of para-hydroxylation sites is 3. The van der Waals surface area contributed by atoms with Gasteiger partial charge in [0, 0.05) is 40.0 Å². The summed E-state index contributed by atoms with van der Waals surface area (Å²) in [5.41, 5.74) is 11.6. The van der Waals surface area contributed by atoms with Gasteiger partial charge >= 0.3 is 0 Å². The molecule has 5 aromatic carbocycles. The highest BCUT2D eigenvalue weighted by Crippen LogP contribution is 2.61. The van der Waals surface area contributed by atoms with Gasteiger partial charge in [-0.05, 0) is 76.9 Å². The predicted octanol–water partition coefficient (Wildman–Crippen LogP) is 9.71. The Morgan fingerprint density at radius 1 is 0.467 bits per heavy atom. The van der Waals surface area contributed by atoms with E-state index in [2.05, 4.69) is 126 Å². The van der Waals surface area contributed by atoms with Crippen LogP contribution >= 0.6 is 0 Å². The van der Waals surface area contributed by atoms with Crippen molar-refractivity contribution in [3.05, 3.63) is 174 Å². The average molecular weight is 576 g/mol. The van der Waals surface area contributed by atoms with Crippen molar-refractivity contribution < 1.29 is 4.74 Å². The fraction of sp³-hybridized carbons (Fsp3) is 0.0244. The number of benzene rings is 5. The molecule has 45 heavy (non-hydrogen) atoms. The summed E-state index contributed by atoms with van der Waals surface area (Å²) < 4.78 is 9.08. The lowest BCUT2D eigenvalue weighted by atomic mass is 9.66. The maximum absolute atomic E-state index is 6.73. The van der Waals surface area contributed by atoms with E-state index >= 15 is 0 Å². The van der Waals surface area contributed by atoms with Crippen LogP contribution in [-0.2, 0) is 5.41 Å². The van der Waals surface area contributed by atoms with Gasteiger partial charge in [0.1, 0.15) is 11.5 Å². The molecule has 0 saturated heterocycles. The molecule has 4 heterocycles. The molecule has 0 saturated carbocycles. The van der Waals surface area contributed by atoms with Crippen molar-refractivity contribution in [3.8, 4) is 39.7 Å². The van der Waals surface area contributed by atoms with Crippen molar-refractivity contribution in [1.82, 2.24) is 14.5 Å². The van der Waals surface area contributed by atoms with E-state index < -0.39 is 5.41 Å². The van der Waals surface area contributed by atoms with Crippen LogP contribution in [0.3, 0.4) is 0 Å². The van der Waals surface area contributed by atoms with Crippen LogP contribution in [0.2, 0.25) is 0 Å². The molecule has 1 aliphatic heterocycles. The lowest BCUT2D eigenvalue weighted by molar-refractivity contribution is 0.436. The van der Waals surface area contributed by atoms with E-state index in [0.29, 0.717) is 0 Å². The Balaban J connectivity index is 1.20. The van der Waals surface area contributed by atoms with Gasteiger partial charge in [0.2, 0.25) is 0 Å². The van der Waals surface area contributed by atoms with E-state index in [1.54, 1.807) is 0 Å². The third-order valence-corrected chi connectivity index (χ3v) is 9.56. The average Bonchev–Trinajstić information content (AvgIpc) is 3.59. The molecule has 3 aromatic heterocycles. The molecule has 0 N–H and O–H groups in total. The molecule has 10 rings (SSSR count). The smallest absolute Gasteiger partial charge is 0.132 e. The molecule has 8 aromatic rings. The van der Waals surface area contributed by atoms with Crippen LogP contribution in [0, 0.1) is 0 Å². The molecule has 1 spiro atoms. The number of nitrogens with zero attached hydrogens (tertiary/aromatic N) is 3. The summed E-state index contributed by atoms with van der Waals surface area (Å²) in [4.78, 5) is 9.67. The van der Waals surface area contributed by atoms with Gasteiger partial charge in [-0.15, -0.1) is 0 Å². The third kappa shape index (κ3) is 3.20. The van der Waals surface area contributed by atoms with Gasteiger partial charge in [-0.25, -0.2) is 0 Å². The second-order valence-electron chi connectivity index (χ2n) is 11.8. The number of hydrogen-bond acceptors (Lipinski definition) is 3. The van der Waals surface area contributed by atoms with E-state index in [1.807, 2.05) is 30.6 Å². The fourth-order valence-electron chi connectivity index (χ4n) is 7.75. The Hall–Kier alpha value is -6.00. The molecule has 0 fully saturated rings. The molecule has 4 heteroatoms. The van der Waals surface area contributed by atoms with Gasteiger partial charge in [-0.1, -0.05) is 84.9 Å². The predicted molar refractivity (Wildman–Crippen MR) is 179 cm³/mol. The highest BCUT2D eigenvalue weighted by Gasteiger charge is 2.52. The van der Waals surface area contributed by atoms with Crippen molar-refractivity contribution in [2.24, 2.45) is 0 Å². The molecular formula is C41H25N3O. The highest BCUT2D eigenvalue weighted by atomic mass is 16.5. The quantitative estimate of drug-likeness (QED) is 0.206. The minimum absolute atomic E-state index is 0.567. The van der Waals surface area contributed by atoms with E-state index in [-0.39, 0.29) is 0 Å². The van der Waals surface area contributed by atoms with Gasteiger partial charge < -0.3 is 9.30 Å². The SMILES string of the molecule is c1ccc(-n2c3ccccc3c3cc(-c4ccc5c(c4)Oc4ccccc4C54c5cccnc5-c5ncccc54)ccc32)cc1. The number of fused-ring (bicyclic) bond motifs is 12. The minimum atomic E-state index is -0.567.